The van der Waals surface area contributed by atoms with Crippen LogP contribution in [0, 0.1) is 0 Å². The summed E-state index contributed by atoms with van der Waals surface area (Å²) in [6.07, 6.45) is 0. The maximum absolute atomic E-state index is 6.03. The van der Waals surface area contributed by atoms with Crippen molar-refractivity contribution in [2.24, 2.45) is 0 Å². The third-order valence-corrected chi connectivity index (χ3v) is 4.18. The fraction of sp³-hybridized carbons (Fsp3) is 0.235. The van der Waals surface area contributed by atoms with Crippen molar-refractivity contribution >= 4 is 27.2 Å². The third-order valence-electron chi connectivity index (χ3n) is 3.29. The standard InChI is InChI=1S/C17H18N2OS/c1-17(2,3)12-6-4-5-7-14(12)20-16-19-13-9-8-11(18)10-15(13)21-16/h4-10H,18H2,1-3H3. The minimum Gasteiger partial charge on any atom is -0.431 e. The van der Waals surface area contributed by atoms with Crippen LogP contribution in [0.1, 0.15) is 26.3 Å². The van der Waals surface area contributed by atoms with Gasteiger partial charge in [0.25, 0.3) is 5.19 Å². The van der Waals surface area contributed by atoms with Crippen LogP contribution in [0.2, 0.25) is 0 Å². The quantitative estimate of drug-likeness (QED) is 0.680. The van der Waals surface area contributed by atoms with E-state index in [1.807, 2.05) is 36.4 Å². The molecule has 0 bridgehead atoms. The van der Waals surface area contributed by atoms with Crippen molar-refractivity contribution in [2.45, 2.75) is 26.2 Å². The molecule has 4 heteroatoms. The van der Waals surface area contributed by atoms with E-state index in [9.17, 15) is 0 Å². The molecule has 3 nitrogen and oxygen atoms in total. The molecule has 0 aliphatic rings. The summed E-state index contributed by atoms with van der Waals surface area (Å²) in [6, 6.07) is 13.8. The zero-order chi connectivity index (χ0) is 15.0. The van der Waals surface area contributed by atoms with Crippen LogP contribution in [0.15, 0.2) is 42.5 Å². The molecule has 0 atom stereocenters. The molecule has 0 unspecified atom stereocenters. The van der Waals surface area contributed by atoms with E-state index in [-0.39, 0.29) is 5.41 Å². The Kier molecular flexibility index (Phi) is 3.33. The smallest absolute Gasteiger partial charge is 0.279 e. The molecule has 0 saturated carbocycles. The summed E-state index contributed by atoms with van der Waals surface area (Å²) in [6.45, 7) is 6.52. The molecule has 0 fully saturated rings. The Hall–Kier alpha value is -2.07. The summed E-state index contributed by atoms with van der Waals surface area (Å²) in [7, 11) is 0. The summed E-state index contributed by atoms with van der Waals surface area (Å²) >= 11 is 1.51. The van der Waals surface area contributed by atoms with Crippen molar-refractivity contribution in [3.63, 3.8) is 0 Å². The molecule has 3 rings (SSSR count). The van der Waals surface area contributed by atoms with Crippen LogP contribution >= 0.6 is 11.3 Å². The molecule has 0 aliphatic carbocycles. The summed E-state index contributed by atoms with van der Waals surface area (Å²) in [5.74, 6) is 0.858. The van der Waals surface area contributed by atoms with Crippen LogP contribution < -0.4 is 10.5 Å². The van der Waals surface area contributed by atoms with Crippen molar-refractivity contribution in [3.8, 4) is 10.9 Å². The van der Waals surface area contributed by atoms with Gasteiger partial charge in [0.1, 0.15) is 5.75 Å². The van der Waals surface area contributed by atoms with E-state index < -0.39 is 0 Å². The summed E-state index contributed by atoms with van der Waals surface area (Å²) < 4.78 is 7.07. The van der Waals surface area contributed by atoms with Crippen LogP contribution in [-0.4, -0.2) is 4.98 Å². The lowest BCUT2D eigenvalue weighted by molar-refractivity contribution is 0.453. The molecule has 0 radical (unpaired) electrons. The number of hydrogen-bond acceptors (Lipinski definition) is 4. The number of benzene rings is 2. The maximum atomic E-state index is 6.03. The van der Waals surface area contributed by atoms with Gasteiger partial charge in [-0.15, -0.1) is 0 Å². The minimum absolute atomic E-state index is 0.0255. The summed E-state index contributed by atoms with van der Waals surface area (Å²) in [5, 5.41) is 0.646. The van der Waals surface area contributed by atoms with Crippen LogP contribution in [0.25, 0.3) is 10.2 Å². The number of ether oxygens (including phenoxy) is 1. The number of nitrogens with zero attached hydrogens (tertiary/aromatic N) is 1. The Morgan fingerprint density at radius 3 is 2.62 bits per heavy atom. The second-order valence-electron chi connectivity index (χ2n) is 6.06. The van der Waals surface area contributed by atoms with E-state index in [2.05, 4.69) is 31.8 Å². The highest BCUT2D eigenvalue weighted by Gasteiger charge is 2.19. The molecule has 1 aromatic heterocycles. The van der Waals surface area contributed by atoms with Gasteiger partial charge < -0.3 is 10.5 Å². The molecule has 1 heterocycles. The number of thiazole rings is 1. The van der Waals surface area contributed by atoms with E-state index in [1.165, 1.54) is 16.9 Å². The highest BCUT2D eigenvalue weighted by molar-refractivity contribution is 7.20. The fourth-order valence-electron chi connectivity index (χ4n) is 2.23. The van der Waals surface area contributed by atoms with Gasteiger partial charge in [0, 0.05) is 11.3 Å². The second-order valence-corrected chi connectivity index (χ2v) is 7.05. The predicted molar refractivity (Wildman–Crippen MR) is 89.2 cm³/mol. The Bertz CT molecular complexity index is 787. The van der Waals surface area contributed by atoms with Gasteiger partial charge in [-0.3, -0.25) is 0 Å². The van der Waals surface area contributed by atoms with E-state index in [0.29, 0.717) is 5.19 Å². The van der Waals surface area contributed by atoms with Crippen LogP contribution in [0.5, 0.6) is 10.9 Å². The first-order chi connectivity index (χ1) is 9.93. The van der Waals surface area contributed by atoms with Gasteiger partial charge in [-0.05, 0) is 29.7 Å². The van der Waals surface area contributed by atoms with Gasteiger partial charge in [-0.25, -0.2) is 4.98 Å². The highest BCUT2D eigenvalue weighted by atomic mass is 32.1. The van der Waals surface area contributed by atoms with Crippen LogP contribution in [-0.2, 0) is 5.41 Å². The number of aromatic nitrogens is 1. The molecule has 0 amide bonds. The predicted octanol–water partition coefficient (Wildman–Crippen LogP) is 4.97. The van der Waals surface area contributed by atoms with E-state index in [0.717, 1.165) is 21.7 Å². The normalized spacial score (nSPS) is 11.8. The molecule has 21 heavy (non-hydrogen) atoms. The SMILES string of the molecule is CC(C)(C)c1ccccc1Oc1nc2ccc(N)cc2s1. The van der Waals surface area contributed by atoms with Crippen molar-refractivity contribution < 1.29 is 4.74 Å². The molecular weight excluding hydrogens is 280 g/mol. The van der Waals surface area contributed by atoms with E-state index in [1.54, 1.807) is 0 Å². The second kappa shape index (κ2) is 5.04. The minimum atomic E-state index is 0.0255. The number of rotatable bonds is 2. The molecule has 3 aromatic rings. The number of para-hydroxylation sites is 1. The Labute approximate surface area is 128 Å². The summed E-state index contributed by atoms with van der Waals surface area (Å²) in [5.41, 5.74) is 8.66. The third kappa shape index (κ3) is 2.85. The number of fused-ring (bicyclic) bond motifs is 1. The van der Waals surface area contributed by atoms with Crippen LogP contribution in [0.4, 0.5) is 5.69 Å². The van der Waals surface area contributed by atoms with Gasteiger partial charge in [0.05, 0.1) is 10.2 Å². The number of nitrogens with two attached hydrogens (primary N) is 1. The summed E-state index contributed by atoms with van der Waals surface area (Å²) in [4.78, 5) is 4.51. The Morgan fingerprint density at radius 2 is 1.86 bits per heavy atom. The van der Waals surface area contributed by atoms with Gasteiger partial charge in [-0.1, -0.05) is 50.3 Å². The first kappa shape index (κ1) is 13.9. The topological polar surface area (TPSA) is 48.1 Å². The molecule has 2 aromatic carbocycles. The van der Waals surface area contributed by atoms with Crippen molar-refractivity contribution in [2.75, 3.05) is 5.73 Å². The monoisotopic (exact) mass is 298 g/mol. The lowest BCUT2D eigenvalue weighted by Gasteiger charge is -2.21. The molecule has 108 valence electrons. The number of nitrogen functional groups attached to an aromatic ring is 1. The van der Waals surface area contributed by atoms with E-state index in [4.69, 9.17) is 10.5 Å². The first-order valence-corrected chi connectivity index (χ1v) is 7.68. The van der Waals surface area contributed by atoms with Gasteiger partial charge in [-0.2, -0.15) is 0 Å². The Morgan fingerprint density at radius 1 is 1.10 bits per heavy atom. The molecule has 0 aliphatic heterocycles. The van der Waals surface area contributed by atoms with Gasteiger partial charge in [0.15, 0.2) is 0 Å². The van der Waals surface area contributed by atoms with Gasteiger partial charge >= 0.3 is 0 Å². The average molecular weight is 298 g/mol. The molecular formula is C17H18N2OS. The van der Waals surface area contributed by atoms with Crippen LogP contribution in [0.3, 0.4) is 0 Å². The number of anilines is 1. The van der Waals surface area contributed by atoms with Crippen molar-refractivity contribution in [3.05, 3.63) is 48.0 Å². The average Bonchev–Trinajstić information content (AvgIpc) is 2.79. The van der Waals surface area contributed by atoms with E-state index >= 15 is 0 Å². The highest BCUT2D eigenvalue weighted by Crippen LogP contribution is 2.37. The van der Waals surface area contributed by atoms with Crippen molar-refractivity contribution in [1.82, 2.24) is 4.98 Å². The lowest BCUT2D eigenvalue weighted by Crippen LogP contribution is -2.12. The maximum Gasteiger partial charge on any atom is 0.279 e. The molecule has 0 spiro atoms. The fourth-order valence-corrected chi connectivity index (χ4v) is 3.11. The largest absolute Gasteiger partial charge is 0.431 e. The zero-order valence-electron chi connectivity index (χ0n) is 12.4. The first-order valence-electron chi connectivity index (χ1n) is 6.87. The lowest BCUT2D eigenvalue weighted by atomic mass is 9.86. The van der Waals surface area contributed by atoms with Gasteiger partial charge in [0.2, 0.25) is 0 Å². The number of hydrogen-bond donors (Lipinski definition) is 1. The Balaban J connectivity index is 1.99. The molecule has 2 N–H and O–H groups in total. The van der Waals surface area contributed by atoms with Crippen molar-refractivity contribution in [1.29, 1.82) is 0 Å². The zero-order valence-corrected chi connectivity index (χ0v) is 13.2. The molecule has 0 saturated heterocycles.